The number of benzene rings is 1. The van der Waals surface area contributed by atoms with Crippen molar-refractivity contribution in [3.8, 4) is 0 Å². The minimum absolute atomic E-state index is 0.163. The first-order valence-corrected chi connectivity index (χ1v) is 9.50. The lowest BCUT2D eigenvalue weighted by molar-refractivity contribution is 0.0454. The molecule has 1 saturated carbocycles. The maximum Gasteiger partial charge on any atom is 0.123 e. The second kappa shape index (κ2) is 6.74. The van der Waals surface area contributed by atoms with Crippen LogP contribution in [0.2, 0.25) is 0 Å². The normalized spacial score (nSPS) is 28.3. The number of piperidine rings is 1. The molecule has 1 aromatic carbocycles. The van der Waals surface area contributed by atoms with Crippen molar-refractivity contribution in [2.45, 2.75) is 44.7 Å². The fourth-order valence-electron chi connectivity index (χ4n) is 4.93. The summed E-state index contributed by atoms with van der Waals surface area (Å²) in [7, 11) is 0. The summed E-state index contributed by atoms with van der Waals surface area (Å²) < 4.78 is 13.0. The van der Waals surface area contributed by atoms with Gasteiger partial charge in [0.05, 0.1) is 0 Å². The highest BCUT2D eigenvalue weighted by Crippen LogP contribution is 2.46. The molecule has 3 nitrogen and oxygen atoms in total. The van der Waals surface area contributed by atoms with Crippen LogP contribution >= 0.6 is 0 Å². The molecule has 0 radical (unpaired) electrons. The number of aliphatic hydroxyl groups is 1. The predicted octanol–water partition coefficient (Wildman–Crippen LogP) is 2.88. The third-order valence-electron chi connectivity index (χ3n) is 6.82. The lowest BCUT2D eigenvalue weighted by atomic mass is 9.71. The van der Waals surface area contributed by atoms with E-state index >= 15 is 0 Å². The van der Waals surface area contributed by atoms with Gasteiger partial charge in [-0.15, -0.1) is 0 Å². The summed E-state index contributed by atoms with van der Waals surface area (Å²) in [6, 6.07) is 7.68. The van der Waals surface area contributed by atoms with E-state index in [1.165, 1.54) is 44.2 Å². The standard InChI is InChI=1S/C20H29FN2O/c21-18-6-4-16(5-7-18)12-22-10-8-20(9-11-22)15-23(13-17(20)14-24)19-2-1-3-19/h4-7,17,19,24H,1-3,8-15H2. The molecule has 0 bridgehead atoms. The van der Waals surface area contributed by atoms with Crippen molar-refractivity contribution in [3.63, 3.8) is 0 Å². The molecule has 3 aliphatic rings. The van der Waals surface area contributed by atoms with Crippen LogP contribution in [0.5, 0.6) is 0 Å². The lowest BCUT2D eigenvalue weighted by Gasteiger charge is -2.43. The largest absolute Gasteiger partial charge is 0.396 e. The van der Waals surface area contributed by atoms with Crippen LogP contribution in [0, 0.1) is 17.2 Å². The van der Waals surface area contributed by atoms with Gasteiger partial charge in [-0.3, -0.25) is 9.80 Å². The molecule has 1 aromatic rings. The van der Waals surface area contributed by atoms with Crippen molar-refractivity contribution in [1.82, 2.24) is 9.80 Å². The fourth-order valence-corrected chi connectivity index (χ4v) is 4.93. The van der Waals surface area contributed by atoms with Gasteiger partial charge in [-0.25, -0.2) is 4.39 Å². The van der Waals surface area contributed by atoms with Crippen molar-refractivity contribution in [2.24, 2.45) is 11.3 Å². The first-order chi connectivity index (χ1) is 11.7. The molecule has 1 atom stereocenters. The lowest BCUT2D eigenvalue weighted by Crippen LogP contribution is -2.45. The quantitative estimate of drug-likeness (QED) is 0.918. The Morgan fingerprint density at radius 3 is 2.42 bits per heavy atom. The van der Waals surface area contributed by atoms with Gasteiger partial charge >= 0.3 is 0 Å². The van der Waals surface area contributed by atoms with Gasteiger partial charge in [-0.2, -0.15) is 0 Å². The van der Waals surface area contributed by atoms with Gasteiger partial charge in [0.15, 0.2) is 0 Å². The molecule has 0 aromatic heterocycles. The van der Waals surface area contributed by atoms with E-state index in [1.54, 1.807) is 12.1 Å². The molecular formula is C20H29FN2O. The molecule has 3 fully saturated rings. The Hall–Kier alpha value is -0.970. The van der Waals surface area contributed by atoms with Crippen LogP contribution in [0.1, 0.15) is 37.7 Å². The first-order valence-electron chi connectivity index (χ1n) is 9.50. The average Bonchev–Trinajstić information content (AvgIpc) is 2.88. The summed E-state index contributed by atoms with van der Waals surface area (Å²) in [4.78, 5) is 5.15. The second-order valence-corrected chi connectivity index (χ2v) is 8.16. The van der Waals surface area contributed by atoms with Gasteiger partial charge in [0, 0.05) is 38.2 Å². The third-order valence-corrected chi connectivity index (χ3v) is 6.82. The smallest absolute Gasteiger partial charge is 0.123 e. The van der Waals surface area contributed by atoms with Crippen LogP contribution in [-0.4, -0.2) is 53.7 Å². The molecule has 2 aliphatic heterocycles. The SMILES string of the molecule is OCC1CN(C2CCC2)CC12CCN(Cc1ccc(F)cc1)CC2. The average molecular weight is 332 g/mol. The molecule has 24 heavy (non-hydrogen) atoms. The van der Waals surface area contributed by atoms with Crippen LogP contribution in [0.4, 0.5) is 4.39 Å². The molecule has 2 heterocycles. The van der Waals surface area contributed by atoms with Gasteiger partial charge in [-0.05, 0) is 61.9 Å². The summed E-state index contributed by atoms with van der Waals surface area (Å²) >= 11 is 0. The highest BCUT2D eigenvalue weighted by molar-refractivity contribution is 5.16. The minimum atomic E-state index is -0.163. The van der Waals surface area contributed by atoms with Crippen molar-refractivity contribution in [1.29, 1.82) is 0 Å². The van der Waals surface area contributed by atoms with Crippen molar-refractivity contribution in [3.05, 3.63) is 35.6 Å². The molecule has 1 N–H and O–H groups in total. The third kappa shape index (κ3) is 3.12. The number of likely N-dealkylation sites (tertiary alicyclic amines) is 2. The van der Waals surface area contributed by atoms with Crippen LogP contribution in [0.15, 0.2) is 24.3 Å². The molecule has 0 amide bonds. The summed E-state index contributed by atoms with van der Waals surface area (Å²) in [6.07, 6.45) is 6.45. The highest BCUT2D eigenvalue weighted by atomic mass is 19.1. The van der Waals surface area contributed by atoms with Gasteiger partial charge in [0.2, 0.25) is 0 Å². The Morgan fingerprint density at radius 2 is 1.83 bits per heavy atom. The van der Waals surface area contributed by atoms with E-state index < -0.39 is 0 Å². The monoisotopic (exact) mass is 332 g/mol. The van der Waals surface area contributed by atoms with E-state index in [-0.39, 0.29) is 5.82 Å². The molecule has 4 heteroatoms. The maximum atomic E-state index is 13.0. The van der Waals surface area contributed by atoms with E-state index in [1.807, 2.05) is 12.1 Å². The molecular weight excluding hydrogens is 303 g/mol. The number of halogens is 1. The van der Waals surface area contributed by atoms with E-state index in [2.05, 4.69) is 9.80 Å². The van der Waals surface area contributed by atoms with Gasteiger partial charge < -0.3 is 5.11 Å². The summed E-state index contributed by atoms with van der Waals surface area (Å²) in [5.74, 6) is 0.287. The van der Waals surface area contributed by atoms with Crippen LogP contribution in [0.25, 0.3) is 0 Å². The minimum Gasteiger partial charge on any atom is -0.396 e. The maximum absolute atomic E-state index is 13.0. The summed E-state index contributed by atoms with van der Waals surface area (Å²) in [5.41, 5.74) is 1.51. The van der Waals surface area contributed by atoms with Crippen LogP contribution < -0.4 is 0 Å². The molecule has 1 spiro atoms. The number of aliphatic hydroxyl groups excluding tert-OH is 1. The van der Waals surface area contributed by atoms with Gasteiger partial charge in [0.1, 0.15) is 5.82 Å². The zero-order chi connectivity index (χ0) is 16.6. The number of nitrogens with zero attached hydrogens (tertiary/aromatic N) is 2. The zero-order valence-electron chi connectivity index (χ0n) is 14.5. The zero-order valence-corrected chi connectivity index (χ0v) is 14.5. The molecule has 2 saturated heterocycles. The fraction of sp³-hybridized carbons (Fsp3) is 0.700. The van der Waals surface area contributed by atoms with E-state index in [0.29, 0.717) is 17.9 Å². The van der Waals surface area contributed by atoms with E-state index in [9.17, 15) is 9.50 Å². The predicted molar refractivity (Wildman–Crippen MR) is 93.1 cm³/mol. The van der Waals surface area contributed by atoms with Crippen LogP contribution in [0.3, 0.4) is 0 Å². The summed E-state index contributed by atoms with van der Waals surface area (Å²) in [6.45, 7) is 5.71. The Balaban J connectivity index is 1.36. The molecule has 1 unspecified atom stereocenters. The Morgan fingerprint density at radius 1 is 1.12 bits per heavy atom. The number of hydrogen-bond donors (Lipinski definition) is 1. The van der Waals surface area contributed by atoms with Crippen molar-refractivity contribution in [2.75, 3.05) is 32.8 Å². The van der Waals surface area contributed by atoms with Crippen LogP contribution in [-0.2, 0) is 6.54 Å². The highest BCUT2D eigenvalue weighted by Gasteiger charge is 2.49. The Labute approximate surface area is 144 Å². The van der Waals surface area contributed by atoms with Crippen molar-refractivity contribution >= 4 is 0 Å². The van der Waals surface area contributed by atoms with Gasteiger partial charge in [0.25, 0.3) is 0 Å². The summed E-state index contributed by atoms with van der Waals surface area (Å²) in [5, 5.41) is 9.93. The first kappa shape index (κ1) is 16.5. The molecule has 132 valence electrons. The van der Waals surface area contributed by atoms with Gasteiger partial charge in [-0.1, -0.05) is 18.6 Å². The topological polar surface area (TPSA) is 26.7 Å². The van der Waals surface area contributed by atoms with E-state index in [4.69, 9.17) is 0 Å². The Bertz CT molecular complexity index is 549. The molecule has 1 aliphatic carbocycles. The number of rotatable bonds is 4. The Kier molecular flexibility index (Phi) is 4.63. The van der Waals surface area contributed by atoms with Crippen molar-refractivity contribution < 1.29 is 9.50 Å². The van der Waals surface area contributed by atoms with E-state index in [0.717, 1.165) is 32.2 Å². The molecule has 4 rings (SSSR count). The number of hydrogen-bond acceptors (Lipinski definition) is 3. The second-order valence-electron chi connectivity index (χ2n) is 8.16.